The number of rotatable bonds is 4. The Kier molecular flexibility index (Phi) is 5.48. The minimum atomic E-state index is 0.220. The van der Waals surface area contributed by atoms with Gasteiger partial charge in [0.25, 0.3) is 0 Å². The number of amides is 1. The molecule has 28 heavy (non-hydrogen) atoms. The van der Waals surface area contributed by atoms with Crippen LogP contribution in [0.5, 0.6) is 0 Å². The van der Waals surface area contributed by atoms with Gasteiger partial charge in [-0.3, -0.25) is 9.89 Å². The van der Waals surface area contributed by atoms with Crippen molar-refractivity contribution in [2.75, 3.05) is 31.1 Å². The Morgan fingerprint density at radius 2 is 2.00 bits per heavy atom. The van der Waals surface area contributed by atoms with Crippen LogP contribution in [0.1, 0.15) is 23.1 Å². The molecule has 0 bridgehead atoms. The fraction of sp³-hybridized carbons (Fsp3) is 0.364. The standard InChI is InChI=1S/C22H26N4OS/c1-16-4-5-19(12-17(16)2)20-14-21(24-23-20)25-7-3-8-26(10-9-25)22(27)13-18-6-11-28-15-18/h4-6,11-12,14-15H,3,7-10,13H2,1-2H3,(H,23,24). The number of thiophene rings is 1. The number of H-pyrrole nitrogens is 1. The van der Waals surface area contributed by atoms with Crippen molar-refractivity contribution in [2.45, 2.75) is 26.7 Å². The van der Waals surface area contributed by atoms with Gasteiger partial charge in [-0.15, -0.1) is 0 Å². The molecule has 1 fully saturated rings. The zero-order valence-corrected chi connectivity index (χ0v) is 17.3. The molecule has 146 valence electrons. The van der Waals surface area contributed by atoms with Crippen LogP contribution < -0.4 is 4.90 Å². The fourth-order valence-corrected chi connectivity index (χ4v) is 4.27. The van der Waals surface area contributed by atoms with E-state index in [1.165, 1.54) is 11.1 Å². The molecular formula is C22H26N4OS. The zero-order chi connectivity index (χ0) is 19.5. The summed E-state index contributed by atoms with van der Waals surface area (Å²) in [6.45, 7) is 7.54. The number of aromatic nitrogens is 2. The Hall–Kier alpha value is -2.60. The second kappa shape index (κ2) is 8.19. The first-order chi connectivity index (χ1) is 13.6. The first kappa shape index (κ1) is 18.7. The molecule has 6 heteroatoms. The topological polar surface area (TPSA) is 52.2 Å². The molecule has 0 aliphatic carbocycles. The monoisotopic (exact) mass is 394 g/mol. The average Bonchev–Trinajstić information content (AvgIpc) is 3.31. The van der Waals surface area contributed by atoms with Gasteiger partial charge in [-0.1, -0.05) is 12.1 Å². The summed E-state index contributed by atoms with van der Waals surface area (Å²) in [5.41, 5.74) is 5.88. The van der Waals surface area contributed by atoms with Crippen molar-refractivity contribution in [3.63, 3.8) is 0 Å². The summed E-state index contributed by atoms with van der Waals surface area (Å²) in [6, 6.07) is 10.6. The smallest absolute Gasteiger partial charge is 0.227 e. The van der Waals surface area contributed by atoms with Crippen molar-refractivity contribution < 1.29 is 4.79 Å². The lowest BCUT2D eigenvalue weighted by Crippen LogP contribution is -2.36. The van der Waals surface area contributed by atoms with Crippen LogP contribution in [0, 0.1) is 13.8 Å². The van der Waals surface area contributed by atoms with Gasteiger partial charge in [0, 0.05) is 32.2 Å². The molecule has 1 saturated heterocycles. The molecule has 0 atom stereocenters. The second-order valence-electron chi connectivity index (χ2n) is 7.47. The second-order valence-corrected chi connectivity index (χ2v) is 8.25. The Morgan fingerprint density at radius 3 is 2.79 bits per heavy atom. The molecule has 2 aromatic heterocycles. The van der Waals surface area contributed by atoms with E-state index >= 15 is 0 Å². The van der Waals surface area contributed by atoms with Gasteiger partial charge >= 0.3 is 0 Å². The number of anilines is 1. The lowest BCUT2D eigenvalue weighted by atomic mass is 10.0. The van der Waals surface area contributed by atoms with Gasteiger partial charge in [-0.2, -0.15) is 16.4 Å². The summed E-state index contributed by atoms with van der Waals surface area (Å²) in [7, 11) is 0. The van der Waals surface area contributed by atoms with E-state index < -0.39 is 0 Å². The predicted molar refractivity (Wildman–Crippen MR) is 115 cm³/mol. The first-order valence-corrected chi connectivity index (χ1v) is 10.7. The van der Waals surface area contributed by atoms with Crippen LogP contribution in [0.25, 0.3) is 11.3 Å². The average molecular weight is 395 g/mol. The highest BCUT2D eigenvalue weighted by molar-refractivity contribution is 7.08. The van der Waals surface area contributed by atoms with E-state index in [0.29, 0.717) is 6.42 Å². The molecule has 1 aromatic carbocycles. The van der Waals surface area contributed by atoms with E-state index in [1.807, 2.05) is 16.3 Å². The number of carbonyl (C=O) groups excluding carboxylic acids is 1. The van der Waals surface area contributed by atoms with Gasteiger partial charge in [0.15, 0.2) is 5.82 Å². The number of nitrogens with zero attached hydrogens (tertiary/aromatic N) is 3. The van der Waals surface area contributed by atoms with E-state index in [1.54, 1.807) is 11.3 Å². The fourth-order valence-electron chi connectivity index (χ4n) is 3.61. The van der Waals surface area contributed by atoms with Crippen molar-refractivity contribution in [1.29, 1.82) is 0 Å². The third-order valence-corrected chi connectivity index (χ3v) is 6.22. The quantitative estimate of drug-likeness (QED) is 0.727. The van der Waals surface area contributed by atoms with Crippen molar-refractivity contribution in [3.05, 3.63) is 57.8 Å². The molecule has 5 nitrogen and oxygen atoms in total. The number of nitrogens with one attached hydrogen (secondary N) is 1. The van der Waals surface area contributed by atoms with E-state index in [9.17, 15) is 4.79 Å². The summed E-state index contributed by atoms with van der Waals surface area (Å²) in [4.78, 5) is 16.9. The predicted octanol–water partition coefficient (Wildman–Crippen LogP) is 4.04. The van der Waals surface area contributed by atoms with Gasteiger partial charge in [-0.05, 0) is 65.4 Å². The maximum absolute atomic E-state index is 12.6. The van der Waals surface area contributed by atoms with Crippen LogP contribution in [0.4, 0.5) is 5.82 Å². The van der Waals surface area contributed by atoms with Gasteiger partial charge in [0.2, 0.25) is 5.91 Å². The van der Waals surface area contributed by atoms with Crippen molar-refractivity contribution >= 4 is 23.1 Å². The highest BCUT2D eigenvalue weighted by atomic mass is 32.1. The normalized spacial score (nSPS) is 14.9. The van der Waals surface area contributed by atoms with Crippen LogP contribution in [0.2, 0.25) is 0 Å². The van der Waals surface area contributed by atoms with E-state index in [4.69, 9.17) is 0 Å². The van der Waals surface area contributed by atoms with Crippen LogP contribution in [-0.2, 0) is 11.2 Å². The maximum Gasteiger partial charge on any atom is 0.227 e. The molecule has 1 amide bonds. The molecule has 4 rings (SSSR count). The van der Waals surface area contributed by atoms with Crippen LogP contribution in [0.15, 0.2) is 41.1 Å². The summed E-state index contributed by atoms with van der Waals surface area (Å²) in [5, 5.41) is 11.8. The molecule has 1 aliphatic heterocycles. The lowest BCUT2D eigenvalue weighted by Gasteiger charge is -2.21. The minimum Gasteiger partial charge on any atom is -0.353 e. The highest BCUT2D eigenvalue weighted by Crippen LogP contribution is 2.24. The Bertz CT molecular complexity index is 947. The van der Waals surface area contributed by atoms with Gasteiger partial charge in [0.1, 0.15) is 0 Å². The molecule has 0 unspecified atom stereocenters. The molecule has 1 N–H and O–H groups in total. The third kappa shape index (κ3) is 4.12. The summed E-state index contributed by atoms with van der Waals surface area (Å²) in [6.07, 6.45) is 1.46. The summed E-state index contributed by atoms with van der Waals surface area (Å²) < 4.78 is 0. The third-order valence-electron chi connectivity index (χ3n) is 5.49. The minimum absolute atomic E-state index is 0.220. The molecule has 3 aromatic rings. The van der Waals surface area contributed by atoms with E-state index in [0.717, 1.165) is 55.2 Å². The number of hydrogen-bond donors (Lipinski definition) is 1. The van der Waals surface area contributed by atoms with Gasteiger partial charge in [0.05, 0.1) is 12.1 Å². The van der Waals surface area contributed by atoms with Crippen molar-refractivity contribution in [1.82, 2.24) is 15.1 Å². The molecule has 0 radical (unpaired) electrons. The van der Waals surface area contributed by atoms with Gasteiger partial charge < -0.3 is 9.80 Å². The Balaban J connectivity index is 1.41. The SMILES string of the molecule is Cc1ccc(-c2cc(N3CCCN(C(=O)Cc4ccsc4)CC3)n[nH]2)cc1C. The van der Waals surface area contributed by atoms with Crippen LogP contribution >= 0.6 is 11.3 Å². The number of benzene rings is 1. The molecule has 0 spiro atoms. The molecule has 1 aliphatic rings. The lowest BCUT2D eigenvalue weighted by molar-refractivity contribution is -0.130. The number of carbonyl (C=O) groups is 1. The van der Waals surface area contributed by atoms with Crippen molar-refractivity contribution in [2.24, 2.45) is 0 Å². The van der Waals surface area contributed by atoms with Gasteiger partial charge in [-0.25, -0.2) is 0 Å². The Morgan fingerprint density at radius 1 is 1.11 bits per heavy atom. The van der Waals surface area contributed by atoms with Crippen LogP contribution in [-0.4, -0.2) is 47.2 Å². The largest absolute Gasteiger partial charge is 0.353 e. The van der Waals surface area contributed by atoms with E-state index in [2.05, 4.69) is 58.6 Å². The summed E-state index contributed by atoms with van der Waals surface area (Å²) >= 11 is 1.64. The molecular weight excluding hydrogens is 368 g/mol. The maximum atomic E-state index is 12.6. The molecule has 3 heterocycles. The van der Waals surface area contributed by atoms with Crippen LogP contribution in [0.3, 0.4) is 0 Å². The summed E-state index contributed by atoms with van der Waals surface area (Å²) in [5.74, 6) is 1.18. The zero-order valence-electron chi connectivity index (χ0n) is 16.4. The highest BCUT2D eigenvalue weighted by Gasteiger charge is 2.21. The van der Waals surface area contributed by atoms with E-state index in [-0.39, 0.29) is 5.91 Å². The molecule has 0 saturated carbocycles. The number of hydrogen-bond acceptors (Lipinski definition) is 4. The number of aromatic amines is 1. The number of aryl methyl sites for hydroxylation is 2. The van der Waals surface area contributed by atoms with Crippen molar-refractivity contribution in [3.8, 4) is 11.3 Å². The first-order valence-electron chi connectivity index (χ1n) is 9.77. The Labute approximate surface area is 170 Å².